The predicted octanol–water partition coefficient (Wildman–Crippen LogP) is 5.47. The van der Waals surface area contributed by atoms with Crippen molar-refractivity contribution in [3.63, 3.8) is 0 Å². The summed E-state index contributed by atoms with van der Waals surface area (Å²) in [5, 5.41) is 12.5. The van der Waals surface area contributed by atoms with Crippen molar-refractivity contribution in [2.45, 2.75) is 25.2 Å². The first-order chi connectivity index (χ1) is 13.0. The maximum atomic E-state index is 12.9. The van der Waals surface area contributed by atoms with Crippen LogP contribution in [0.5, 0.6) is 0 Å². The number of ketones is 1. The fraction of sp³-hybridized carbons (Fsp3) is 0.200. The lowest BCUT2D eigenvalue weighted by Gasteiger charge is -2.39. The molecule has 2 heterocycles. The summed E-state index contributed by atoms with van der Waals surface area (Å²) in [6.45, 7) is 0. The van der Waals surface area contributed by atoms with Crippen molar-refractivity contribution >= 4 is 50.3 Å². The van der Waals surface area contributed by atoms with Gasteiger partial charge in [-0.15, -0.1) is 11.3 Å². The lowest BCUT2D eigenvalue weighted by atomic mass is 9.78. The number of halogens is 2. The van der Waals surface area contributed by atoms with Crippen LogP contribution in [0.15, 0.2) is 62.8 Å². The minimum absolute atomic E-state index is 0.0879. The number of anilines is 1. The van der Waals surface area contributed by atoms with Crippen molar-refractivity contribution in [3.05, 3.63) is 72.7 Å². The van der Waals surface area contributed by atoms with Crippen molar-refractivity contribution in [2.75, 3.05) is 4.90 Å². The van der Waals surface area contributed by atoms with Crippen molar-refractivity contribution in [1.82, 2.24) is 0 Å². The second-order valence-corrected chi connectivity index (χ2v) is 8.75. The average molecular weight is 461 g/mol. The van der Waals surface area contributed by atoms with Gasteiger partial charge in [0, 0.05) is 43.1 Å². The van der Waals surface area contributed by atoms with Gasteiger partial charge < -0.3 is 5.73 Å². The highest BCUT2D eigenvalue weighted by Gasteiger charge is 2.40. The van der Waals surface area contributed by atoms with E-state index in [1.165, 1.54) is 11.3 Å². The summed E-state index contributed by atoms with van der Waals surface area (Å²) in [7, 11) is 0. The first kappa shape index (κ1) is 18.3. The molecule has 4 nitrogen and oxygen atoms in total. The monoisotopic (exact) mass is 459 g/mol. The van der Waals surface area contributed by atoms with E-state index >= 15 is 0 Å². The summed E-state index contributed by atoms with van der Waals surface area (Å²) in [4.78, 5) is 15.7. The normalized spacial score (nSPS) is 20.0. The molecule has 136 valence electrons. The molecule has 0 bridgehead atoms. The molecule has 7 heteroatoms. The van der Waals surface area contributed by atoms with Crippen LogP contribution in [-0.2, 0) is 4.79 Å². The highest BCUT2D eigenvalue weighted by molar-refractivity contribution is 9.10. The van der Waals surface area contributed by atoms with E-state index in [-0.39, 0.29) is 5.78 Å². The molecule has 1 aliphatic heterocycles. The Morgan fingerprint density at radius 2 is 2.04 bits per heavy atom. The molecule has 2 aliphatic rings. The van der Waals surface area contributed by atoms with Crippen LogP contribution in [-0.4, -0.2) is 5.78 Å². The Morgan fingerprint density at radius 3 is 2.67 bits per heavy atom. The van der Waals surface area contributed by atoms with Crippen LogP contribution in [0, 0.1) is 11.3 Å². The number of carbonyl (C=O) groups is 1. The predicted molar refractivity (Wildman–Crippen MR) is 111 cm³/mol. The van der Waals surface area contributed by atoms with E-state index in [0.717, 1.165) is 33.6 Å². The molecule has 1 unspecified atom stereocenters. The van der Waals surface area contributed by atoms with E-state index in [0.29, 0.717) is 28.4 Å². The average Bonchev–Trinajstić information content (AvgIpc) is 3.08. The number of carbonyl (C=O) groups excluding carboxylic acids is 1. The third-order valence-corrected chi connectivity index (χ3v) is 6.88. The van der Waals surface area contributed by atoms with E-state index in [9.17, 15) is 10.1 Å². The SMILES string of the molecule is N#CC1=C(N)N(c2ccc(Cl)cc2)C2=C(C(=O)CCC2)C1c1cc(Br)cs1. The molecule has 0 fully saturated rings. The molecular formula is C20H15BrClN3OS. The number of rotatable bonds is 2. The molecule has 27 heavy (non-hydrogen) atoms. The summed E-state index contributed by atoms with van der Waals surface area (Å²) in [5.74, 6) is 0.0606. The molecule has 2 N–H and O–H groups in total. The van der Waals surface area contributed by atoms with Gasteiger partial charge in [-0.05, 0) is 59.1 Å². The fourth-order valence-electron chi connectivity index (χ4n) is 3.74. The quantitative estimate of drug-likeness (QED) is 0.645. The minimum Gasteiger partial charge on any atom is -0.384 e. The Labute approximate surface area is 174 Å². The van der Waals surface area contributed by atoms with Crippen molar-refractivity contribution in [3.8, 4) is 6.07 Å². The maximum absolute atomic E-state index is 12.9. The molecule has 0 radical (unpaired) electrons. The lowest BCUT2D eigenvalue weighted by Crippen LogP contribution is -2.38. The van der Waals surface area contributed by atoms with Gasteiger partial charge in [-0.1, -0.05) is 11.6 Å². The highest BCUT2D eigenvalue weighted by atomic mass is 79.9. The summed E-state index contributed by atoms with van der Waals surface area (Å²) in [6.07, 6.45) is 2.01. The van der Waals surface area contributed by atoms with Crippen molar-refractivity contribution in [1.29, 1.82) is 5.26 Å². The first-order valence-electron chi connectivity index (χ1n) is 8.47. The summed E-state index contributed by atoms with van der Waals surface area (Å²) in [6, 6.07) is 11.5. The van der Waals surface area contributed by atoms with Crippen molar-refractivity contribution in [2.24, 2.45) is 5.73 Å². The third kappa shape index (κ3) is 3.10. The van der Waals surface area contributed by atoms with Gasteiger partial charge in [0.25, 0.3) is 0 Å². The summed E-state index contributed by atoms with van der Waals surface area (Å²) >= 11 is 11.0. The van der Waals surface area contributed by atoms with Crippen LogP contribution in [0.25, 0.3) is 0 Å². The fourth-order valence-corrected chi connectivity index (χ4v) is 5.42. The Balaban J connectivity index is 1.96. The Kier molecular flexibility index (Phi) is 4.85. The van der Waals surface area contributed by atoms with Gasteiger partial charge in [-0.25, -0.2) is 0 Å². The van der Waals surface area contributed by atoms with Crippen LogP contribution in [0.1, 0.15) is 30.1 Å². The lowest BCUT2D eigenvalue weighted by molar-refractivity contribution is -0.116. The van der Waals surface area contributed by atoms with Gasteiger partial charge in [0.2, 0.25) is 0 Å². The molecule has 0 saturated heterocycles. The van der Waals surface area contributed by atoms with Gasteiger partial charge in [0.15, 0.2) is 5.78 Å². The van der Waals surface area contributed by atoms with Crippen LogP contribution >= 0.6 is 38.9 Å². The molecule has 4 rings (SSSR count). The van der Waals surface area contributed by atoms with Gasteiger partial charge in [0.05, 0.1) is 17.6 Å². The highest BCUT2D eigenvalue weighted by Crippen LogP contribution is 2.47. The number of hydrogen-bond acceptors (Lipinski definition) is 5. The van der Waals surface area contributed by atoms with E-state index in [4.69, 9.17) is 17.3 Å². The molecule has 2 aromatic rings. The largest absolute Gasteiger partial charge is 0.384 e. The first-order valence-corrected chi connectivity index (χ1v) is 10.5. The van der Waals surface area contributed by atoms with E-state index in [1.54, 1.807) is 12.1 Å². The van der Waals surface area contributed by atoms with Crippen LogP contribution in [0.2, 0.25) is 5.02 Å². The molecular weight excluding hydrogens is 446 g/mol. The molecule has 0 spiro atoms. The number of benzene rings is 1. The second kappa shape index (κ2) is 7.16. The zero-order valence-corrected chi connectivity index (χ0v) is 17.4. The molecule has 0 amide bonds. The number of nitrogens with two attached hydrogens (primary N) is 1. The Bertz CT molecular complexity index is 1030. The number of hydrogen-bond donors (Lipinski definition) is 1. The Hall–Kier alpha value is -2.07. The molecule has 0 saturated carbocycles. The zero-order valence-electron chi connectivity index (χ0n) is 14.2. The number of Topliss-reactive ketones (excluding diaryl/α,β-unsaturated/α-hetero) is 1. The van der Waals surface area contributed by atoms with Gasteiger partial charge in [-0.2, -0.15) is 5.26 Å². The Morgan fingerprint density at radius 1 is 1.30 bits per heavy atom. The molecule has 1 aromatic heterocycles. The van der Waals surface area contributed by atoms with Crippen LogP contribution in [0.3, 0.4) is 0 Å². The molecule has 1 aliphatic carbocycles. The smallest absolute Gasteiger partial charge is 0.161 e. The van der Waals surface area contributed by atoms with E-state index in [1.807, 2.05) is 28.5 Å². The second-order valence-electron chi connectivity index (χ2n) is 6.46. The summed E-state index contributed by atoms with van der Waals surface area (Å²) in [5.41, 5.74) is 9.28. The topological polar surface area (TPSA) is 70.1 Å². The van der Waals surface area contributed by atoms with Gasteiger partial charge in [0.1, 0.15) is 5.82 Å². The standard InChI is InChI=1S/C20H15BrClN3OS/c21-11-8-17(27-10-11)18-14(9-23)20(24)25(13-6-4-12(22)5-7-13)15-2-1-3-16(26)19(15)18/h4-8,10,18H,1-3,24H2. The van der Waals surface area contributed by atoms with E-state index in [2.05, 4.69) is 22.0 Å². The molecule has 1 aromatic carbocycles. The number of nitriles is 1. The third-order valence-electron chi connectivity index (χ3n) is 4.87. The van der Waals surface area contributed by atoms with Gasteiger partial charge >= 0.3 is 0 Å². The number of allylic oxidation sites excluding steroid dienone is 3. The summed E-state index contributed by atoms with van der Waals surface area (Å²) < 4.78 is 0.934. The van der Waals surface area contributed by atoms with Crippen molar-refractivity contribution < 1.29 is 4.79 Å². The zero-order chi connectivity index (χ0) is 19.1. The van der Waals surface area contributed by atoms with E-state index < -0.39 is 5.92 Å². The van der Waals surface area contributed by atoms with Crippen LogP contribution < -0.4 is 10.6 Å². The minimum atomic E-state index is -0.405. The maximum Gasteiger partial charge on any atom is 0.161 e. The number of nitrogens with zero attached hydrogens (tertiary/aromatic N) is 2. The van der Waals surface area contributed by atoms with Crippen LogP contribution in [0.4, 0.5) is 5.69 Å². The van der Waals surface area contributed by atoms with Gasteiger partial charge in [-0.3, -0.25) is 9.69 Å². The number of thiophene rings is 1. The molecule has 1 atom stereocenters.